The van der Waals surface area contributed by atoms with Crippen molar-refractivity contribution in [1.29, 1.82) is 0 Å². The zero-order chi connectivity index (χ0) is 22.4. The average Bonchev–Trinajstić information content (AvgIpc) is 2.76. The number of Topliss-reactive ketones (excluding diaryl/α,β-unsaturated/α-hetero) is 1. The van der Waals surface area contributed by atoms with E-state index in [1.165, 1.54) is 0 Å². The van der Waals surface area contributed by atoms with Crippen LogP contribution in [0.3, 0.4) is 0 Å². The molecule has 0 unspecified atom stereocenters. The SMILES string of the molecule is CC(=O)c1ccc(N2CCN(CC(=O)NCC(=O)Nc3cccc(C)c3C)CC2)cc1. The third kappa shape index (κ3) is 6.15. The van der Waals surface area contributed by atoms with Crippen LogP contribution < -0.4 is 15.5 Å². The standard InChI is InChI=1S/C24H30N4O3/c1-17-5-4-6-22(18(17)2)26-23(30)15-25-24(31)16-27-11-13-28(14-12-27)21-9-7-20(8-10-21)19(3)29/h4-10H,11-16H2,1-3H3,(H,25,31)(H,26,30). The Bertz CT molecular complexity index is 948. The second kappa shape index (κ2) is 10.2. The summed E-state index contributed by atoms with van der Waals surface area (Å²) in [6.07, 6.45) is 0. The van der Waals surface area contributed by atoms with Gasteiger partial charge in [-0.1, -0.05) is 12.1 Å². The smallest absolute Gasteiger partial charge is 0.243 e. The topological polar surface area (TPSA) is 81.8 Å². The number of ketones is 1. The van der Waals surface area contributed by atoms with E-state index in [4.69, 9.17) is 0 Å². The van der Waals surface area contributed by atoms with E-state index in [1.54, 1.807) is 6.92 Å². The molecule has 1 aliphatic rings. The van der Waals surface area contributed by atoms with Crippen molar-refractivity contribution in [3.8, 4) is 0 Å². The number of carbonyl (C=O) groups excluding carboxylic acids is 3. The average molecular weight is 423 g/mol. The highest BCUT2D eigenvalue weighted by atomic mass is 16.2. The zero-order valence-corrected chi connectivity index (χ0v) is 18.4. The highest BCUT2D eigenvalue weighted by Crippen LogP contribution is 2.18. The van der Waals surface area contributed by atoms with Gasteiger partial charge in [0.2, 0.25) is 11.8 Å². The number of rotatable bonds is 7. The number of nitrogens with one attached hydrogen (secondary N) is 2. The van der Waals surface area contributed by atoms with Crippen LogP contribution in [-0.4, -0.2) is 61.8 Å². The Kier molecular flexibility index (Phi) is 7.41. The van der Waals surface area contributed by atoms with Gasteiger partial charge in [0.1, 0.15) is 0 Å². The second-order valence-electron chi connectivity index (χ2n) is 7.94. The molecule has 2 aromatic carbocycles. The van der Waals surface area contributed by atoms with Crippen LogP contribution in [0.1, 0.15) is 28.4 Å². The molecule has 7 nitrogen and oxygen atoms in total. The van der Waals surface area contributed by atoms with Gasteiger partial charge in [0, 0.05) is 43.1 Å². The first-order chi connectivity index (χ1) is 14.8. The number of aryl methyl sites for hydroxylation is 1. The summed E-state index contributed by atoms with van der Waals surface area (Å²) in [6, 6.07) is 13.4. The summed E-state index contributed by atoms with van der Waals surface area (Å²) in [6.45, 7) is 8.87. The van der Waals surface area contributed by atoms with Crippen LogP contribution in [0.15, 0.2) is 42.5 Å². The molecule has 1 aliphatic heterocycles. The third-order valence-electron chi connectivity index (χ3n) is 5.70. The summed E-state index contributed by atoms with van der Waals surface area (Å²) in [5.74, 6) is -0.332. The number of hydrogen-bond acceptors (Lipinski definition) is 5. The Morgan fingerprint density at radius 2 is 1.58 bits per heavy atom. The van der Waals surface area contributed by atoms with Gasteiger partial charge in [-0.2, -0.15) is 0 Å². The van der Waals surface area contributed by atoms with E-state index >= 15 is 0 Å². The number of carbonyl (C=O) groups is 3. The van der Waals surface area contributed by atoms with Gasteiger partial charge in [0.15, 0.2) is 5.78 Å². The molecule has 2 aromatic rings. The van der Waals surface area contributed by atoms with Crippen molar-refractivity contribution in [2.24, 2.45) is 0 Å². The molecule has 0 radical (unpaired) electrons. The number of amides is 2. The summed E-state index contributed by atoms with van der Waals surface area (Å²) in [5, 5.41) is 5.56. The quantitative estimate of drug-likeness (QED) is 0.670. The molecule has 0 saturated carbocycles. The highest BCUT2D eigenvalue weighted by Gasteiger charge is 2.19. The van der Waals surface area contributed by atoms with E-state index < -0.39 is 0 Å². The Labute approximate surface area is 183 Å². The minimum atomic E-state index is -0.235. The molecule has 2 N–H and O–H groups in total. The highest BCUT2D eigenvalue weighted by molar-refractivity contribution is 5.95. The first kappa shape index (κ1) is 22.5. The lowest BCUT2D eigenvalue weighted by Gasteiger charge is -2.35. The van der Waals surface area contributed by atoms with Gasteiger partial charge in [-0.05, 0) is 62.2 Å². The summed E-state index contributed by atoms with van der Waals surface area (Å²) in [4.78, 5) is 40.2. The van der Waals surface area contributed by atoms with Crippen molar-refractivity contribution >= 4 is 29.0 Å². The maximum absolute atomic E-state index is 12.3. The van der Waals surface area contributed by atoms with Crippen LogP contribution in [0.25, 0.3) is 0 Å². The third-order valence-corrected chi connectivity index (χ3v) is 5.70. The molecule has 2 amide bonds. The predicted molar refractivity (Wildman–Crippen MR) is 123 cm³/mol. The Morgan fingerprint density at radius 3 is 2.23 bits per heavy atom. The van der Waals surface area contributed by atoms with Crippen molar-refractivity contribution in [3.05, 3.63) is 59.2 Å². The summed E-state index contributed by atoms with van der Waals surface area (Å²) >= 11 is 0. The number of hydrogen-bond donors (Lipinski definition) is 2. The molecule has 0 aliphatic carbocycles. The van der Waals surface area contributed by atoms with Crippen LogP contribution in [0.4, 0.5) is 11.4 Å². The van der Waals surface area contributed by atoms with Gasteiger partial charge in [0.05, 0.1) is 13.1 Å². The van der Waals surface area contributed by atoms with E-state index in [2.05, 4.69) is 20.4 Å². The minimum Gasteiger partial charge on any atom is -0.369 e. The van der Waals surface area contributed by atoms with Crippen molar-refractivity contribution in [2.45, 2.75) is 20.8 Å². The number of nitrogens with zero attached hydrogens (tertiary/aromatic N) is 2. The van der Waals surface area contributed by atoms with Gasteiger partial charge in [-0.3, -0.25) is 19.3 Å². The Hall–Kier alpha value is -3.19. The first-order valence-corrected chi connectivity index (χ1v) is 10.5. The van der Waals surface area contributed by atoms with Gasteiger partial charge in [-0.15, -0.1) is 0 Å². The molecular weight excluding hydrogens is 392 g/mol. The molecular formula is C24H30N4O3. The van der Waals surface area contributed by atoms with Gasteiger partial charge < -0.3 is 15.5 Å². The summed E-state index contributed by atoms with van der Waals surface area (Å²) < 4.78 is 0. The fraction of sp³-hybridized carbons (Fsp3) is 0.375. The molecule has 3 rings (SSSR count). The van der Waals surface area contributed by atoms with Crippen molar-refractivity contribution < 1.29 is 14.4 Å². The molecule has 31 heavy (non-hydrogen) atoms. The minimum absolute atomic E-state index is 0.0469. The molecule has 1 heterocycles. The van der Waals surface area contributed by atoms with Crippen LogP contribution in [0.5, 0.6) is 0 Å². The van der Waals surface area contributed by atoms with Crippen LogP contribution in [0, 0.1) is 13.8 Å². The van der Waals surface area contributed by atoms with Gasteiger partial charge in [-0.25, -0.2) is 0 Å². The predicted octanol–water partition coefficient (Wildman–Crippen LogP) is 2.38. The molecule has 7 heteroatoms. The Morgan fingerprint density at radius 1 is 0.903 bits per heavy atom. The van der Waals surface area contributed by atoms with Gasteiger partial charge >= 0.3 is 0 Å². The first-order valence-electron chi connectivity index (χ1n) is 10.5. The molecule has 164 valence electrons. The normalized spacial score (nSPS) is 14.2. The van der Waals surface area contributed by atoms with Crippen molar-refractivity contribution in [3.63, 3.8) is 0 Å². The van der Waals surface area contributed by atoms with E-state index in [0.29, 0.717) is 5.56 Å². The van der Waals surface area contributed by atoms with E-state index in [1.807, 2.05) is 56.3 Å². The maximum atomic E-state index is 12.3. The zero-order valence-electron chi connectivity index (χ0n) is 18.4. The van der Waals surface area contributed by atoms with Crippen molar-refractivity contribution in [2.75, 3.05) is 49.5 Å². The largest absolute Gasteiger partial charge is 0.369 e. The molecule has 1 fully saturated rings. The Balaban J connectivity index is 1.40. The fourth-order valence-electron chi connectivity index (χ4n) is 3.59. The molecule has 0 atom stereocenters. The fourth-order valence-corrected chi connectivity index (χ4v) is 3.59. The summed E-state index contributed by atoms with van der Waals surface area (Å²) in [5.41, 5.74) is 4.69. The van der Waals surface area contributed by atoms with Crippen LogP contribution in [-0.2, 0) is 9.59 Å². The van der Waals surface area contributed by atoms with E-state index in [-0.39, 0.29) is 30.7 Å². The summed E-state index contributed by atoms with van der Waals surface area (Å²) in [7, 11) is 0. The number of piperazine rings is 1. The maximum Gasteiger partial charge on any atom is 0.243 e. The van der Waals surface area contributed by atoms with Gasteiger partial charge in [0.25, 0.3) is 0 Å². The monoisotopic (exact) mass is 422 g/mol. The molecule has 0 aromatic heterocycles. The van der Waals surface area contributed by atoms with Crippen LogP contribution >= 0.6 is 0 Å². The van der Waals surface area contributed by atoms with Crippen molar-refractivity contribution in [1.82, 2.24) is 10.2 Å². The molecule has 0 bridgehead atoms. The van der Waals surface area contributed by atoms with E-state index in [9.17, 15) is 14.4 Å². The lowest BCUT2D eigenvalue weighted by molar-refractivity contribution is -0.125. The number of benzene rings is 2. The van der Waals surface area contributed by atoms with E-state index in [0.717, 1.165) is 48.7 Å². The molecule has 1 saturated heterocycles. The van der Waals surface area contributed by atoms with Crippen LogP contribution in [0.2, 0.25) is 0 Å². The molecule has 0 spiro atoms. The lowest BCUT2D eigenvalue weighted by atomic mass is 10.1. The second-order valence-corrected chi connectivity index (χ2v) is 7.94. The lowest BCUT2D eigenvalue weighted by Crippen LogP contribution is -2.50. The number of anilines is 2.